The van der Waals surface area contributed by atoms with Crippen molar-refractivity contribution in [3.8, 4) is 22.8 Å². The van der Waals surface area contributed by atoms with Gasteiger partial charge in [-0.1, -0.05) is 18.2 Å². The van der Waals surface area contributed by atoms with E-state index >= 15 is 0 Å². The van der Waals surface area contributed by atoms with Crippen LogP contribution in [0.4, 0.5) is 5.82 Å². The van der Waals surface area contributed by atoms with Gasteiger partial charge in [-0.3, -0.25) is 4.79 Å². The number of hydrogen-bond donors (Lipinski definition) is 1. The third-order valence-electron chi connectivity index (χ3n) is 5.54. The summed E-state index contributed by atoms with van der Waals surface area (Å²) in [6.07, 6.45) is 0.903. The highest BCUT2D eigenvalue weighted by Gasteiger charge is 2.44. The molecule has 5 rings (SSSR count). The van der Waals surface area contributed by atoms with Crippen molar-refractivity contribution < 1.29 is 9.53 Å². The fraction of sp³-hybridized carbons (Fsp3) is 0.273. The minimum absolute atomic E-state index is 0.221. The third kappa shape index (κ3) is 2.86. The molecule has 0 saturated carbocycles. The van der Waals surface area contributed by atoms with Crippen molar-refractivity contribution in [2.75, 3.05) is 32.0 Å². The van der Waals surface area contributed by atoms with Gasteiger partial charge >= 0.3 is 0 Å². The number of benzene rings is 2. The van der Waals surface area contributed by atoms with Gasteiger partial charge in [-0.15, -0.1) is 0 Å². The highest BCUT2D eigenvalue weighted by molar-refractivity contribution is 5.92. The summed E-state index contributed by atoms with van der Waals surface area (Å²) in [5.74, 6) is 2.37. The number of aldehydes is 1. The number of aromatic nitrogens is 2. The van der Waals surface area contributed by atoms with Crippen LogP contribution in [0.3, 0.4) is 0 Å². The Bertz CT molecular complexity index is 1010. The molecular formula is C22H22N4O2. The summed E-state index contributed by atoms with van der Waals surface area (Å²) in [6, 6.07) is 17.4. The minimum Gasteiger partial charge on any atom is -0.457 e. The first-order valence-corrected chi connectivity index (χ1v) is 9.48. The lowest BCUT2D eigenvalue weighted by Gasteiger charge is -2.50. The van der Waals surface area contributed by atoms with Crippen LogP contribution >= 0.6 is 0 Å². The van der Waals surface area contributed by atoms with Gasteiger partial charge in [0.1, 0.15) is 23.0 Å². The standard InChI is InChI=1S/C22H22N4O2/c1-25-13-22(14-25)12-23-21-19(11-27)20(24-26(21)15-22)16-7-9-18(10-8-16)28-17-5-3-2-4-6-17/h2-11,23H,12-15H2,1H3. The number of likely N-dealkylation sites (tertiary alicyclic amines) is 1. The normalized spacial score (nSPS) is 17.5. The first-order chi connectivity index (χ1) is 13.7. The van der Waals surface area contributed by atoms with Crippen LogP contribution in [0, 0.1) is 5.41 Å². The monoisotopic (exact) mass is 374 g/mol. The molecule has 0 atom stereocenters. The second-order valence-electron chi connectivity index (χ2n) is 7.85. The Balaban J connectivity index is 1.42. The summed E-state index contributed by atoms with van der Waals surface area (Å²) in [5, 5.41) is 8.22. The highest BCUT2D eigenvalue weighted by Crippen LogP contribution is 2.39. The van der Waals surface area contributed by atoms with Gasteiger partial charge in [0, 0.05) is 30.6 Å². The van der Waals surface area contributed by atoms with Crippen LogP contribution in [0.25, 0.3) is 11.3 Å². The van der Waals surface area contributed by atoms with E-state index in [1.165, 1.54) is 0 Å². The second-order valence-corrected chi connectivity index (χ2v) is 7.85. The molecule has 3 heterocycles. The molecule has 2 aromatic carbocycles. The Hall–Kier alpha value is -3.12. The van der Waals surface area contributed by atoms with Crippen molar-refractivity contribution in [3.05, 3.63) is 60.2 Å². The van der Waals surface area contributed by atoms with Gasteiger partial charge in [-0.05, 0) is 43.4 Å². The molecule has 6 nitrogen and oxygen atoms in total. The lowest BCUT2D eigenvalue weighted by Crippen LogP contribution is -2.61. The number of carbonyl (C=O) groups is 1. The second kappa shape index (κ2) is 6.49. The number of nitrogens with zero attached hydrogens (tertiary/aromatic N) is 3. The zero-order valence-corrected chi connectivity index (χ0v) is 15.8. The molecule has 1 aromatic heterocycles. The van der Waals surface area contributed by atoms with Gasteiger partial charge in [0.05, 0.1) is 12.1 Å². The van der Waals surface area contributed by atoms with E-state index in [1.54, 1.807) is 0 Å². The van der Waals surface area contributed by atoms with Crippen LogP contribution in [0.1, 0.15) is 10.4 Å². The molecule has 0 aliphatic carbocycles. The number of para-hydroxylation sites is 1. The molecule has 0 radical (unpaired) electrons. The van der Waals surface area contributed by atoms with E-state index in [0.717, 1.165) is 55.3 Å². The van der Waals surface area contributed by atoms with Gasteiger partial charge in [-0.25, -0.2) is 4.68 Å². The summed E-state index contributed by atoms with van der Waals surface area (Å²) in [7, 11) is 2.13. The van der Waals surface area contributed by atoms with E-state index < -0.39 is 0 Å². The molecule has 2 aliphatic rings. The molecule has 1 N–H and O–H groups in total. The molecule has 3 aromatic rings. The molecule has 1 spiro atoms. The molecule has 1 fully saturated rings. The number of nitrogens with one attached hydrogen (secondary N) is 1. The molecule has 142 valence electrons. The number of hydrogen-bond acceptors (Lipinski definition) is 5. The first kappa shape index (κ1) is 17.0. The fourth-order valence-electron chi connectivity index (χ4n) is 4.36. The predicted molar refractivity (Wildman–Crippen MR) is 108 cm³/mol. The van der Waals surface area contributed by atoms with E-state index in [9.17, 15) is 4.79 Å². The number of rotatable bonds is 4. The zero-order valence-electron chi connectivity index (χ0n) is 15.8. The lowest BCUT2D eigenvalue weighted by molar-refractivity contribution is 0.0107. The van der Waals surface area contributed by atoms with Crippen LogP contribution in [-0.2, 0) is 6.54 Å². The summed E-state index contributed by atoms with van der Waals surface area (Å²) in [5.41, 5.74) is 2.47. The number of ether oxygens (including phenoxy) is 1. The van der Waals surface area contributed by atoms with E-state index in [4.69, 9.17) is 9.84 Å². The van der Waals surface area contributed by atoms with E-state index in [-0.39, 0.29) is 5.41 Å². The van der Waals surface area contributed by atoms with Crippen molar-refractivity contribution in [2.24, 2.45) is 5.41 Å². The maximum atomic E-state index is 11.8. The van der Waals surface area contributed by atoms with Crippen molar-refractivity contribution in [1.82, 2.24) is 14.7 Å². The molecule has 0 bridgehead atoms. The Labute approximate surface area is 163 Å². The number of carbonyl (C=O) groups excluding carboxylic acids is 1. The molecule has 1 saturated heterocycles. The molecule has 28 heavy (non-hydrogen) atoms. The predicted octanol–water partition coefficient (Wildman–Crippen LogP) is 3.51. The Kier molecular flexibility index (Phi) is 3.94. The average Bonchev–Trinajstić information content (AvgIpc) is 3.06. The van der Waals surface area contributed by atoms with Gasteiger partial charge in [-0.2, -0.15) is 5.10 Å². The average molecular weight is 374 g/mol. The van der Waals surface area contributed by atoms with Crippen molar-refractivity contribution in [2.45, 2.75) is 6.54 Å². The Morgan fingerprint density at radius 2 is 1.75 bits per heavy atom. The quantitative estimate of drug-likeness (QED) is 0.708. The smallest absolute Gasteiger partial charge is 0.156 e. The summed E-state index contributed by atoms with van der Waals surface area (Å²) in [6.45, 7) is 3.83. The van der Waals surface area contributed by atoms with E-state index in [0.29, 0.717) is 11.3 Å². The van der Waals surface area contributed by atoms with E-state index in [1.807, 2.05) is 59.3 Å². The molecule has 2 aliphatic heterocycles. The van der Waals surface area contributed by atoms with Gasteiger partial charge < -0.3 is 15.0 Å². The maximum absolute atomic E-state index is 11.8. The van der Waals surface area contributed by atoms with Gasteiger partial charge in [0.25, 0.3) is 0 Å². The van der Waals surface area contributed by atoms with Crippen molar-refractivity contribution in [3.63, 3.8) is 0 Å². The largest absolute Gasteiger partial charge is 0.457 e. The van der Waals surface area contributed by atoms with Gasteiger partial charge in [0.2, 0.25) is 0 Å². The van der Waals surface area contributed by atoms with E-state index in [2.05, 4.69) is 17.3 Å². The van der Waals surface area contributed by atoms with Crippen LogP contribution in [0.2, 0.25) is 0 Å². The number of fused-ring (bicyclic) bond motifs is 1. The Morgan fingerprint density at radius 1 is 1.04 bits per heavy atom. The van der Waals surface area contributed by atoms with Crippen LogP contribution in [-0.4, -0.2) is 47.6 Å². The van der Waals surface area contributed by atoms with Crippen molar-refractivity contribution >= 4 is 12.1 Å². The number of anilines is 1. The van der Waals surface area contributed by atoms with Crippen LogP contribution < -0.4 is 10.1 Å². The lowest BCUT2D eigenvalue weighted by atomic mass is 9.79. The Morgan fingerprint density at radius 3 is 2.43 bits per heavy atom. The highest BCUT2D eigenvalue weighted by atomic mass is 16.5. The maximum Gasteiger partial charge on any atom is 0.156 e. The molecule has 0 unspecified atom stereocenters. The van der Waals surface area contributed by atoms with Crippen LogP contribution in [0.5, 0.6) is 11.5 Å². The van der Waals surface area contributed by atoms with Crippen molar-refractivity contribution in [1.29, 1.82) is 0 Å². The first-order valence-electron chi connectivity index (χ1n) is 9.48. The zero-order chi connectivity index (χ0) is 19.1. The molecule has 0 amide bonds. The minimum atomic E-state index is 0.221. The fourth-order valence-corrected chi connectivity index (χ4v) is 4.36. The topological polar surface area (TPSA) is 59.4 Å². The molecule has 6 heteroatoms. The van der Waals surface area contributed by atoms with Crippen LogP contribution in [0.15, 0.2) is 54.6 Å². The third-order valence-corrected chi connectivity index (χ3v) is 5.54. The molecular weight excluding hydrogens is 352 g/mol. The summed E-state index contributed by atoms with van der Waals surface area (Å²) < 4.78 is 7.82. The summed E-state index contributed by atoms with van der Waals surface area (Å²) >= 11 is 0. The SMILES string of the molecule is CN1CC2(CNc3c(C=O)c(-c4ccc(Oc5ccccc5)cc4)nn3C2)C1. The summed E-state index contributed by atoms with van der Waals surface area (Å²) in [4.78, 5) is 14.1. The van der Waals surface area contributed by atoms with Gasteiger partial charge in [0.15, 0.2) is 6.29 Å².